The molecule has 20 heavy (non-hydrogen) atoms. The fraction of sp³-hybridized carbons (Fsp3) is 0.200. The summed E-state index contributed by atoms with van der Waals surface area (Å²) in [4.78, 5) is 4.08. The highest BCUT2D eigenvalue weighted by atomic mass is 16.5. The molecule has 5 nitrogen and oxygen atoms in total. The zero-order valence-corrected chi connectivity index (χ0v) is 11.9. The Morgan fingerprint density at radius 2 is 2.15 bits per heavy atom. The minimum absolute atomic E-state index is 0.750. The molecule has 0 N–H and O–H groups in total. The van der Waals surface area contributed by atoms with Crippen molar-refractivity contribution in [2.45, 2.75) is 6.92 Å². The predicted octanol–water partition coefficient (Wildman–Crippen LogP) is 2.57. The number of imidazole rings is 1. The molecule has 0 atom stereocenters. The van der Waals surface area contributed by atoms with Crippen LogP contribution in [0.4, 0.5) is 0 Å². The zero-order valence-electron chi connectivity index (χ0n) is 11.9. The molecule has 1 heterocycles. The molecule has 0 radical (unpaired) electrons. The summed E-state index contributed by atoms with van der Waals surface area (Å²) in [5.74, 6) is 1.51. The molecule has 0 unspecified atom stereocenters. The van der Waals surface area contributed by atoms with Gasteiger partial charge < -0.3 is 9.75 Å². The first kappa shape index (κ1) is 13.9. The Labute approximate surface area is 118 Å². The van der Waals surface area contributed by atoms with E-state index in [1.54, 1.807) is 23.8 Å². The van der Waals surface area contributed by atoms with Gasteiger partial charge in [0.25, 0.3) is 0 Å². The molecule has 2 rings (SSSR count). The van der Waals surface area contributed by atoms with Crippen LogP contribution in [0.3, 0.4) is 0 Å². The second-order valence-electron chi connectivity index (χ2n) is 4.32. The van der Waals surface area contributed by atoms with E-state index in [0.717, 1.165) is 17.1 Å². The summed E-state index contributed by atoms with van der Waals surface area (Å²) >= 11 is 0. The molecule has 0 bridgehead atoms. The highest BCUT2D eigenvalue weighted by Crippen LogP contribution is 2.20. The van der Waals surface area contributed by atoms with Gasteiger partial charge in [-0.05, 0) is 19.1 Å². The van der Waals surface area contributed by atoms with E-state index in [0.29, 0.717) is 0 Å². The smallest absolute Gasteiger partial charge is 0.169 e. The van der Waals surface area contributed by atoms with Crippen molar-refractivity contribution in [3.8, 4) is 5.75 Å². The second kappa shape index (κ2) is 6.56. The van der Waals surface area contributed by atoms with Gasteiger partial charge in [0, 0.05) is 26.5 Å². The molecule has 0 saturated heterocycles. The van der Waals surface area contributed by atoms with E-state index in [-0.39, 0.29) is 0 Å². The van der Waals surface area contributed by atoms with Gasteiger partial charge >= 0.3 is 0 Å². The number of nitrogens with zero attached hydrogens (tertiary/aromatic N) is 4. The Morgan fingerprint density at radius 1 is 1.35 bits per heavy atom. The number of aromatic nitrogens is 2. The maximum absolute atomic E-state index is 5.63. The molecule has 104 valence electrons. The topological polar surface area (TPSA) is 42.6 Å². The lowest BCUT2D eigenvalue weighted by Crippen LogP contribution is -2.17. The molecular weight excluding hydrogens is 252 g/mol. The number of allylic oxidation sites excluding steroid dienone is 1. The largest absolute Gasteiger partial charge is 0.465 e. The molecular formula is C15H18N4O. The quantitative estimate of drug-likeness (QED) is 0.371. The second-order valence-corrected chi connectivity index (χ2v) is 4.32. The van der Waals surface area contributed by atoms with Crippen LogP contribution in [0, 0.1) is 0 Å². The van der Waals surface area contributed by atoms with Crippen LogP contribution in [0.5, 0.6) is 5.75 Å². The summed E-state index contributed by atoms with van der Waals surface area (Å²) in [6.07, 6.45) is 8.79. The average molecular weight is 270 g/mol. The van der Waals surface area contributed by atoms with Gasteiger partial charge in [-0.2, -0.15) is 5.10 Å². The maximum atomic E-state index is 5.63. The van der Waals surface area contributed by atoms with E-state index in [1.165, 1.54) is 0 Å². The molecule has 1 aromatic heterocycles. The Bertz CT molecular complexity index is 600. The van der Waals surface area contributed by atoms with Gasteiger partial charge in [-0.1, -0.05) is 18.2 Å². The van der Waals surface area contributed by atoms with Crippen LogP contribution in [0.15, 0.2) is 60.4 Å². The molecule has 0 saturated carbocycles. The van der Waals surface area contributed by atoms with Crippen molar-refractivity contribution < 1.29 is 4.74 Å². The van der Waals surface area contributed by atoms with E-state index in [2.05, 4.69) is 10.1 Å². The van der Waals surface area contributed by atoms with Gasteiger partial charge in [-0.3, -0.25) is 4.57 Å². The number of hydrazone groups is 1. The van der Waals surface area contributed by atoms with Gasteiger partial charge in [0.2, 0.25) is 0 Å². The lowest BCUT2D eigenvalue weighted by atomic mass is 10.2. The molecule has 0 fully saturated rings. The van der Waals surface area contributed by atoms with Crippen molar-refractivity contribution in [1.29, 1.82) is 0 Å². The van der Waals surface area contributed by atoms with E-state index in [9.17, 15) is 0 Å². The average Bonchev–Trinajstić information content (AvgIpc) is 2.97. The van der Waals surface area contributed by atoms with E-state index < -0.39 is 0 Å². The molecule has 0 aliphatic heterocycles. The zero-order chi connectivity index (χ0) is 14.4. The Kier molecular flexibility index (Phi) is 4.55. The normalized spacial score (nSPS) is 11.8. The summed E-state index contributed by atoms with van der Waals surface area (Å²) in [6.45, 7) is 1.91. The molecule has 0 aliphatic rings. The predicted molar refractivity (Wildman–Crippen MR) is 79.7 cm³/mol. The van der Waals surface area contributed by atoms with Crippen LogP contribution < -0.4 is 4.74 Å². The van der Waals surface area contributed by atoms with Crippen molar-refractivity contribution in [2.24, 2.45) is 5.10 Å². The maximum Gasteiger partial charge on any atom is 0.169 e. The van der Waals surface area contributed by atoms with Gasteiger partial charge in [0.1, 0.15) is 12.1 Å². The van der Waals surface area contributed by atoms with Crippen LogP contribution >= 0.6 is 0 Å². The lowest BCUT2D eigenvalue weighted by Gasteiger charge is -2.14. The fourth-order valence-corrected chi connectivity index (χ4v) is 1.71. The number of benzene rings is 1. The molecule has 0 amide bonds. The van der Waals surface area contributed by atoms with E-state index in [1.807, 2.05) is 62.1 Å². The Balaban J connectivity index is 2.50. The molecule has 5 heteroatoms. The van der Waals surface area contributed by atoms with Crippen LogP contribution in [-0.4, -0.2) is 34.5 Å². The summed E-state index contributed by atoms with van der Waals surface area (Å²) < 4.78 is 7.49. The van der Waals surface area contributed by atoms with Gasteiger partial charge in [0.05, 0.1) is 11.8 Å². The monoisotopic (exact) mass is 270 g/mol. The van der Waals surface area contributed by atoms with Crippen molar-refractivity contribution >= 4 is 5.84 Å². The van der Waals surface area contributed by atoms with E-state index >= 15 is 0 Å². The Morgan fingerprint density at radius 3 is 2.80 bits per heavy atom. The number of rotatable bonds is 4. The van der Waals surface area contributed by atoms with Gasteiger partial charge in [-0.15, -0.1) is 0 Å². The van der Waals surface area contributed by atoms with Crippen molar-refractivity contribution in [2.75, 3.05) is 14.1 Å². The van der Waals surface area contributed by atoms with Crippen LogP contribution in [-0.2, 0) is 0 Å². The first-order valence-corrected chi connectivity index (χ1v) is 6.34. The third kappa shape index (κ3) is 3.26. The standard InChI is InChI=1S/C15H18N4O/c1-4-11-20-14-8-6-5-7-13(14)15(17-18(2)3)19-10-9-16-12-19/h4-12H,1-3H3. The van der Waals surface area contributed by atoms with Crippen molar-refractivity contribution in [3.63, 3.8) is 0 Å². The van der Waals surface area contributed by atoms with Gasteiger partial charge in [0.15, 0.2) is 5.84 Å². The third-order valence-corrected chi connectivity index (χ3v) is 2.50. The minimum atomic E-state index is 0.750. The minimum Gasteiger partial charge on any atom is -0.465 e. The van der Waals surface area contributed by atoms with Crippen molar-refractivity contribution in [3.05, 3.63) is 60.9 Å². The third-order valence-electron chi connectivity index (χ3n) is 2.50. The van der Waals surface area contributed by atoms with Gasteiger partial charge in [-0.25, -0.2) is 4.98 Å². The number of hydrogen-bond acceptors (Lipinski definition) is 4. The van der Waals surface area contributed by atoms with Crippen LogP contribution in [0.1, 0.15) is 12.5 Å². The summed E-state index contributed by atoms with van der Waals surface area (Å²) in [6, 6.07) is 7.78. The first-order valence-electron chi connectivity index (χ1n) is 6.34. The molecule has 2 aromatic rings. The SMILES string of the molecule is CC=COc1ccccc1C(=NN(C)C)n1ccnc1. The van der Waals surface area contributed by atoms with E-state index in [4.69, 9.17) is 4.74 Å². The lowest BCUT2D eigenvalue weighted by molar-refractivity contribution is 0.434. The number of hydrogen-bond donors (Lipinski definition) is 0. The summed E-state index contributed by atoms with van der Waals surface area (Å²) in [7, 11) is 3.76. The first-order chi connectivity index (χ1) is 9.72. The molecule has 0 spiro atoms. The summed E-state index contributed by atoms with van der Waals surface area (Å²) in [5, 5.41) is 6.28. The van der Waals surface area contributed by atoms with Crippen LogP contribution in [0.2, 0.25) is 0 Å². The number of para-hydroxylation sites is 1. The highest BCUT2D eigenvalue weighted by Gasteiger charge is 2.12. The number of ether oxygens (including phenoxy) is 1. The molecule has 0 aliphatic carbocycles. The van der Waals surface area contributed by atoms with Crippen LogP contribution in [0.25, 0.3) is 0 Å². The highest BCUT2D eigenvalue weighted by molar-refractivity contribution is 6.02. The van der Waals surface area contributed by atoms with Crippen molar-refractivity contribution in [1.82, 2.24) is 14.6 Å². The fourth-order valence-electron chi connectivity index (χ4n) is 1.71. The Hall–Kier alpha value is -2.56. The summed E-state index contributed by atoms with van der Waals surface area (Å²) in [5.41, 5.74) is 0.900. The molecule has 1 aromatic carbocycles.